The number of nitrogens with two attached hydrogens (primary N) is 1. The van der Waals surface area contributed by atoms with Crippen molar-refractivity contribution in [3.63, 3.8) is 0 Å². The molecular weight excluding hydrogens is 270 g/mol. The maximum absolute atomic E-state index is 5.91. The van der Waals surface area contributed by atoms with E-state index in [2.05, 4.69) is 9.97 Å². The molecule has 0 unspecified atom stereocenters. The number of benzene rings is 1. The highest BCUT2D eigenvalue weighted by atomic mass is 35.5. The molecule has 0 atom stereocenters. The Labute approximate surface area is 114 Å². The van der Waals surface area contributed by atoms with Gasteiger partial charge in [0.25, 0.3) is 0 Å². The summed E-state index contributed by atoms with van der Waals surface area (Å²) in [5.41, 5.74) is 6.39. The van der Waals surface area contributed by atoms with Gasteiger partial charge in [0.15, 0.2) is 11.5 Å². The van der Waals surface area contributed by atoms with Crippen LogP contribution in [0, 0.1) is 0 Å². The van der Waals surface area contributed by atoms with Gasteiger partial charge < -0.3 is 19.9 Å². The van der Waals surface area contributed by atoms with Crippen molar-refractivity contribution in [2.45, 2.75) is 6.61 Å². The van der Waals surface area contributed by atoms with E-state index in [-0.39, 0.29) is 18.6 Å². The van der Waals surface area contributed by atoms with Crippen molar-refractivity contribution in [1.29, 1.82) is 0 Å². The molecule has 0 aliphatic carbocycles. The summed E-state index contributed by atoms with van der Waals surface area (Å²) in [4.78, 5) is 7.68. The third-order valence-corrected chi connectivity index (χ3v) is 2.80. The quantitative estimate of drug-likeness (QED) is 0.926. The summed E-state index contributed by atoms with van der Waals surface area (Å²) in [5.74, 6) is 1.80. The number of nitrogen functional groups attached to an aromatic ring is 1. The molecule has 6 nitrogen and oxygen atoms in total. The first-order chi connectivity index (χ1) is 9.22. The first-order valence-electron chi connectivity index (χ1n) is 5.52. The van der Waals surface area contributed by atoms with Gasteiger partial charge in [-0.1, -0.05) is 17.7 Å². The van der Waals surface area contributed by atoms with Crippen LogP contribution >= 0.6 is 11.6 Å². The lowest BCUT2D eigenvalue weighted by Crippen LogP contribution is -2.01. The number of aromatic nitrogens is 2. The highest BCUT2D eigenvalue weighted by Crippen LogP contribution is 2.33. The normalized spacial score (nSPS) is 12.5. The Morgan fingerprint density at radius 1 is 1.32 bits per heavy atom. The van der Waals surface area contributed by atoms with Crippen LogP contribution in [0.1, 0.15) is 5.56 Å². The van der Waals surface area contributed by atoms with Gasteiger partial charge in [0.2, 0.25) is 18.6 Å². The van der Waals surface area contributed by atoms with Crippen molar-refractivity contribution < 1.29 is 14.2 Å². The minimum atomic E-state index is 0.116. The van der Waals surface area contributed by atoms with Crippen LogP contribution in [0.5, 0.6) is 17.4 Å². The van der Waals surface area contributed by atoms with Crippen molar-refractivity contribution in [3.05, 3.63) is 35.0 Å². The molecule has 0 spiro atoms. The largest absolute Gasteiger partial charge is 0.472 e. The number of halogens is 1. The monoisotopic (exact) mass is 279 g/mol. The van der Waals surface area contributed by atoms with Crippen molar-refractivity contribution >= 4 is 17.5 Å². The summed E-state index contributed by atoms with van der Waals surface area (Å²) in [6.45, 7) is 0.542. The van der Waals surface area contributed by atoms with E-state index in [1.54, 1.807) is 0 Å². The van der Waals surface area contributed by atoms with Gasteiger partial charge in [-0.05, 0) is 17.7 Å². The van der Waals surface area contributed by atoms with Crippen LogP contribution in [0.15, 0.2) is 24.4 Å². The fraction of sp³-hybridized carbons (Fsp3) is 0.167. The molecule has 1 aromatic carbocycles. The molecular formula is C12H10ClN3O3. The molecule has 0 fully saturated rings. The number of anilines is 1. The molecule has 7 heteroatoms. The molecule has 19 heavy (non-hydrogen) atoms. The average Bonchev–Trinajstić information content (AvgIpc) is 2.87. The lowest BCUT2D eigenvalue weighted by molar-refractivity contribution is 0.174. The lowest BCUT2D eigenvalue weighted by Gasteiger charge is -2.07. The van der Waals surface area contributed by atoms with E-state index in [1.807, 2.05) is 18.2 Å². The van der Waals surface area contributed by atoms with E-state index in [0.717, 1.165) is 11.3 Å². The minimum absolute atomic E-state index is 0.116. The van der Waals surface area contributed by atoms with Crippen LogP contribution in [0.4, 0.5) is 5.95 Å². The zero-order valence-corrected chi connectivity index (χ0v) is 10.6. The minimum Gasteiger partial charge on any atom is -0.472 e. The maximum Gasteiger partial charge on any atom is 0.237 e. The Morgan fingerprint density at radius 2 is 2.16 bits per heavy atom. The highest BCUT2D eigenvalue weighted by Gasteiger charge is 2.13. The summed E-state index contributed by atoms with van der Waals surface area (Å²) in [6.07, 6.45) is 1.40. The summed E-state index contributed by atoms with van der Waals surface area (Å²) < 4.78 is 16.0. The highest BCUT2D eigenvalue weighted by molar-refractivity contribution is 6.31. The van der Waals surface area contributed by atoms with Crippen molar-refractivity contribution in [2.75, 3.05) is 12.5 Å². The Morgan fingerprint density at radius 3 is 3.05 bits per heavy atom. The van der Waals surface area contributed by atoms with Crippen molar-refractivity contribution in [2.24, 2.45) is 0 Å². The number of fused-ring (bicyclic) bond motifs is 1. The third-order valence-electron chi connectivity index (χ3n) is 2.54. The molecule has 0 saturated heterocycles. The predicted octanol–water partition coefficient (Wildman–Crippen LogP) is 2.02. The second-order valence-corrected chi connectivity index (χ2v) is 4.26. The molecule has 0 amide bonds. The number of hydrogen-bond donors (Lipinski definition) is 1. The second kappa shape index (κ2) is 4.81. The van der Waals surface area contributed by atoms with Crippen molar-refractivity contribution in [3.8, 4) is 17.4 Å². The Balaban J connectivity index is 1.74. The fourth-order valence-corrected chi connectivity index (χ4v) is 1.79. The summed E-state index contributed by atoms with van der Waals surface area (Å²) in [6, 6.07) is 5.56. The molecule has 0 bridgehead atoms. The number of rotatable bonds is 3. The topological polar surface area (TPSA) is 79.5 Å². The molecule has 0 saturated carbocycles. The van der Waals surface area contributed by atoms with Crippen LogP contribution in [0.3, 0.4) is 0 Å². The molecule has 1 aromatic heterocycles. The first-order valence-corrected chi connectivity index (χ1v) is 5.89. The molecule has 3 rings (SSSR count). The molecule has 2 heterocycles. The van der Waals surface area contributed by atoms with E-state index < -0.39 is 0 Å². The van der Waals surface area contributed by atoms with Crippen LogP contribution in [0.2, 0.25) is 5.02 Å². The van der Waals surface area contributed by atoms with Gasteiger partial charge in [0, 0.05) is 0 Å². The fourth-order valence-electron chi connectivity index (χ4n) is 1.65. The average molecular weight is 280 g/mol. The van der Waals surface area contributed by atoms with Crippen LogP contribution in [-0.2, 0) is 6.61 Å². The maximum atomic E-state index is 5.91. The van der Waals surface area contributed by atoms with Gasteiger partial charge in [0.05, 0.1) is 6.20 Å². The van der Waals surface area contributed by atoms with E-state index in [4.69, 9.17) is 31.5 Å². The summed E-state index contributed by atoms with van der Waals surface area (Å²) in [7, 11) is 0. The number of nitrogens with zero attached hydrogens (tertiary/aromatic N) is 2. The van der Waals surface area contributed by atoms with Crippen LogP contribution in [-0.4, -0.2) is 16.8 Å². The smallest absolute Gasteiger partial charge is 0.237 e. The SMILES string of the molecule is Nc1ncc(Cl)c(OCc2ccc3c(c2)OCO3)n1. The van der Waals surface area contributed by atoms with Gasteiger partial charge >= 0.3 is 0 Å². The number of ether oxygens (including phenoxy) is 3. The standard InChI is InChI=1S/C12H10ClN3O3/c13-8-4-15-12(14)16-11(8)17-5-7-1-2-9-10(3-7)19-6-18-9/h1-4H,5-6H2,(H2,14,15,16). The van der Waals surface area contributed by atoms with E-state index in [9.17, 15) is 0 Å². The Kier molecular flexibility index (Phi) is 3.00. The van der Waals surface area contributed by atoms with Crippen LogP contribution in [0.25, 0.3) is 0 Å². The second-order valence-electron chi connectivity index (χ2n) is 3.86. The molecule has 98 valence electrons. The van der Waals surface area contributed by atoms with Gasteiger partial charge in [-0.25, -0.2) is 4.98 Å². The Bertz CT molecular complexity index is 621. The first kappa shape index (κ1) is 11.9. The zero-order valence-electron chi connectivity index (χ0n) is 9.80. The van der Waals surface area contributed by atoms with Gasteiger partial charge in [-0.15, -0.1) is 0 Å². The van der Waals surface area contributed by atoms with Crippen LogP contribution < -0.4 is 19.9 Å². The molecule has 2 aromatic rings. The van der Waals surface area contributed by atoms with Gasteiger partial charge in [-0.3, -0.25) is 0 Å². The third kappa shape index (κ3) is 2.48. The van der Waals surface area contributed by atoms with Crippen molar-refractivity contribution in [1.82, 2.24) is 9.97 Å². The van der Waals surface area contributed by atoms with Gasteiger partial charge in [0.1, 0.15) is 11.6 Å². The molecule has 2 N–H and O–H groups in total. The zero-order chi connectivity index (χ0) is 13.2. The van der Waals surface area contributed by atoms with Gasteiger partial charge in [-0.2, -0.15) is 4.98 Å². The lowest BCUT2D eigenvalue weighted by atomic mass is 10.2. The van der Waals surface area contributed by atoms with E-state index in [0.29, 0.717) is 17.4 Å². The molecule has 0 radical (unpaired) electrons. The molecule has 1 aliphatic rings. The van der Waals surface area contributed by atoms with E-state index >= 15 is 0 Å². The number of hydrogen-bond acceptors (Lipinski definition) is 6. The predicted molar refractivity (Wildman–Crippen MR) is 68.4 cm³/mol. The summed E-state index contributed by atoms with van der Waals surface area (Å²) >= 11 is 5.91. The Hall–Kier alpha value is -2.21. The summed E-state index contributed by atoms with van der Waals surface area (Å²) in [5, 5.41) is 0.315. The van der Waals surface area contributed by atoms with E-state index in [1.165, 1.54) is 6.20 Å². The molecule has 1 aliphatic heterocycles.